The minimum atomic E-state index is 0.201. The Morgan fingerprint density at radius 1 is 1.56 bits per heavy atom. The van der Waals surface area contributed by atoms with E-state index in [-0.39, 0.29) is 6.04 Å². The van der Waals surface area contributed by atoms with Gasteiger partial charge >= 0.3 is 0 Å². The number of rotatable bonds is 3. The van der Waals surface area contributed by atoms with Gasteiger partial charge in [-0.25, -0.2) is 0 Å². The Labute approximate surface area is 105 Å². The first kappa shape index (κ1) is 12.1. The highest BCUT2D eigenvalue weighted by Gasteiger charge is 2.29. The highest BCUT2D eigenvalue weighted by molar-refractivity contribution is 9.10. The summed E-state index contributed by atoms with van der Waals surface area (Å²) in [7, 11) is 0. The SMILES string of the molecule is CC1OCCC1C(N)Cc1cccc(Br)c1. The molecule has 0 bridgehead atoms. The van der Waals surface area contributed by atoms with Crippen molar-refractivity contribution in [3.05, 3.63) is 34.3 Å². The van der Waals surface area contributed by atoms with E-state index in [1.54, 1.807) is 0 Å². The van der Waals surface area contributed by atoms with Gasteiger partial charge < -0.3 is 10.5 Å². The van der Waals surface area contributed by atoms with Crippen LogP contribution in [-0.4, -0.2) is 18.8 Å². The van der Waals surface area contributed by atoms with Crippen molar-refractivity contribution in [2.24, 2.45) is 11.7 Å². The molecular formula is C13H18BrNO. The lowest BCUT2D eigenvalue weighted by molar-refractivity contribution is 0.0995. The molecule has 3 atom stereocenters. The van der Waals surface area contributed by atoms with Crippen LogP contribution in [-0.2, 0) is 11.2 Å². The van der Waals surface area contributed by atoms with Crippen LogP contribution in [0.1, 0.15) is 18.9 Å². The quantitative estimate of drug-likeness (QED) is 0.926. The molecule has 1 aromatic carbocycles. The van der Waals surface area contributed by atoms with Crippen LogP contribution in [0.25, 0.3) is 0 Å². The maximum Gasteiger partial charge on any atom is 0.0590 e. The third kappa shape index (κ3) is 2.84. The molecule has 2 rings (SSSR count). The molecule has 0 spiro atoms. The average molecular weight is 284 g/mol. The Morgan fingerprint density at radius 3 is 3.00 bits per heavy atom. The zero-order valence-electron chi connectivity index (χ0n) is 9.53. The van der Waals surface area contributed by atoms with E-state index < -0.39 is 0 Å². The maximum atomic E-state index is 6.26. The van der Waals surface area contributed by atoms with Crippen molar-refractivity contribution in [1.29, 1.82) is 0 Å². The van der Waals surface area contributed by atoms with Crippen LogP contribution in [0.2, 0.25) is 0 Å². The van der Waals surface area contributed by atoms with Crippen molar-refractivity contribution in [3.63, 3.8) is 0 Å². The Bertz CT molecular complexity index is 356. The lowest BCUT2D eigenvalue weighted by Crippen LogP contribution is -2.36. The lowest BCUT2D eigenvalue weighted by atomic mass is 9.90. The first-order valence-electron chi connectivity index (χ1n) is 5.78. The second-order valence-corrected chi connectivity index (χ2v) is 5.44. The van der Waals surface area contributed by atoms with Crippen LogP contribution in [0.5, 0.6) is 0 Å². The number of benzene rings is 1. The maximum absolute atomic E-state index is 6.26. The van der Waals surface area contributed by atoms with Crippen molar-refractivity contribution in [3.8, 4) is 0 Å². The standard InChI is InChI=1S/C13H18BrNO/c1-9-12(5-6-16-9)13(15)8-10-3-2-4-11(14)7-10/h2-4,7,9,12-13H,5-6,8,15H2,1H3. The summed E-state index contributed by atoms with van der Waals surface area (Å²) in [5.74, 6) is 0.499. The van der Waals surface area contributed by atoms with Gasteiger partial charge in [-0.15, -0.1) is 0 Å². The van der Waals surface area contributed by atoms with Crippen LogP contribution in [0.4, 0.5) is 0 Å². The van der Waals surface area contributed by atoms with Crippen molar-refractivity contribution >= 4 is 15.9 Å². The molecule has 1 fully saturated rings. The molecule has 0 amide bonds. The molecule has 1 aliphatic rings. The van der Waals surface area contributed by atoms with Crippen LogP contribution >= 0.6 is 15.9 Å². The number of ether oxygens (including phenoxy) is 1. The van der Waals surface area contributed by atoms with Gasteiger partial charge in [-0.2, -0.15) is 0 Å². The van der Waals surface area contributed by atoms with E-state index in [4.69, 9.17) is 10.5 Å². The molecule has 1 heterocycles. The molecular weight excluding hydrogens is 266 g/mol. The Morgan fingerprint density at radius 2 is 2.38 bits per heavy atom. The zero-order chi connectivity index (χ0) is 11.5. The van der Waals surface area contributed by atoms with E-state index in [0.717, 1.165) is 23.9 Å². The normalized spacial score (nSPS) is 26.9. The molecule has 2 N–H and O–H groups in total. The van der Waals surface area contributed by atoms with E-state index in [2.05, 4.69) is 41.1 Å². The summed E-state index contributed by atoms with van der Waals surface area (Å²) in [5, 5.41) is 0. The van der Waals surface area contributed by atoms with E-state index in [1.165, 1.54) is 5.56 Å². The number of hydrogen-bond acceptors (Lipinski definition) is 2. The molecule has 0 aliphatic carbocycles. The largest absolute Gasteiger partial charge is 0.378 e. The average Bonchev–Trinajstić information content (AvgIpc) is 2.64. The predicted octanol–water partition coefficient (Wildman–Crippen LogP) is 2.74. The minimum Gasteiger partial charge on any atom is -0.378 e. The van der Waals surface area contributed by atoms with Gasteiger partial charge in [0.2, 0.25) is 0 Å². The number of halogens is 1. The van der Waals surface area contributed by atoms with Crippen LogP contribution in [0, 0.1) is 5.92 Å². The van der Waals surface area contributed by atoms with Gasteiger partial charge in [0, 0.05) is 23.0 Å². The minimum absolute atomic E-state index is 0.201. The van der Waals surface area contributed by atoms with Crippen molar-refractivity contribution in [2.75, 3.05) is 6.61 Å². The molecule has 1 aliphatic heterocycles. The number of hydrogen-bond donors (Lipinski definition) is 1. The van der Waals surface area contributed by atoms with Crippen LogP contribution < -0.4 is 5.73 Å². The first-order valence-corrected chi connectivity index (χ1v) is 6.58. The van der Waals surface area contributed by atoms with Crippen molar-refractivity contribution < 1.29 is 4.74 Å². The predicted molar refractivity (Wildman–Crippen MR) is 69.3 cm³/mol. The summed E-state index contributed by atoms with van der Waals surface area (Å²) >= 11 is 3.48. The topological polar surface area (TPSA) is 35.2 Å². The van der Waals surface area contributed by atoms with Crippen LogP contribution in [0.15, 0.2) is 28.7 Å². The molecule has 88 valence electrons. The van der Waals surface area contributed by atoms with E-state index in [1.807, 2.05) is 6.07 Å². The van der Waals surface area contributed by atoms with Gasteiger partial charge in [0.15, 0.2) is 0 Å². The fraction of sp³-hybridized carbons (Fsp3) is 0.538. The first-order chi connectivity index (χ1) is 7.66. The summed E-state index contributed by atoms with van der Waals surface area (Å²) in [5.41, 5.74) is 7.55. The van der Waals surface area contributed by atoms with Gasteiger partial charge in [-0.3, -0.25) is 0 Å². The summed E-state index contributed by atoms with van der Waals surface area (Å²) in [4.78, 5) is 0. The van der Waals surface area contributed by atoms with Crippen molar-refractivity contribution in [2.45, 2.75) is 31.9 Å². The molecule has 0 radical (unpaired) electrons. The van der Waals surface area contributed by atoms with Gasteiger partial charge in [0.05, 0.1) is 6.10 Å². The molecule has 1 aromatic rings. The summed E-state index contributed by atoms with van der Waals surface area (Å²) in [6.45, 7) is 2.98. The molecule has 0 aromatic heterocycles. The highest BCUT2D eigenvalue weighted by atomic mass is 79.9. The van der Waals surface area contributed by atoms with Crippen LogP contribution in [0.3, 0.4) is 0 Å². The summed E-state index contributed by atoms with van der Waals surface area (Å²) in [6, 6.07) is 8.56. The van der Waals surface area contributed by atoms with E-state index in [0.29, 0.717) is 12.0 Å². The molecule has 3 heteroatoms. The molecule has 0 saturated carbocycles. The van der Waals surface area contributed by atoms with Gasteiger partial charge in [0.1, 0.15) is 0 Å². The second-order valence-electron chi connectivity index (χ2n) is 4.53. The second kappa shape index (κ2) is 5.30. The van der Waals surface area contributed by atoms with Gasteiger partial charge in [0.25, 0.3) is 0 Å². The lowest BCUT2D eigenvalue weighted by Gasteiger charge is -2.22. The third-order valence-corrected chi connectivity index (χ3v) is 3.84. The van der Waals surface area contributed by atoms with Gasteiger partial charge in [-0.05, 0) is 37.5 Å². The fourth-order valence-corrected chi connectivity index (χ4v) is 2.84. The Balaban J connectivity index is 1.99. The fourth-order valence-electron chi connectivity index (χ4n) is 2.40. The van der Waals surface area contributed by atoms with E-state index in [9.17, 15) is 0 Å². The summed E-state index contributed by atoms with van der Waals surface area (Å²) < 4.78 is 6.68. The molecule has 2 nitrogen and oxygen atoms in total. The Hall–Kier alpha value is -0.380. The number of nitrogens with two attached hydrogens (primary N) is 1. The van der Waals surface area contributed by atoms with Crippen molar-refractivity contribution in [1.82, 2.24) is 0 Å². The monoisotopic (exact) mass is 283 g/mol. The molecule has 1 saturated heterocycles. The smallest absolute Gasteiger partial charge is 0.0590 e. The Kier molecular flexibility index (Phi) is 4.00. The molecule has 3 unspecified atom stereocenters. The summed E-state index contributed by atoms with van der Waals surface area (Å²) in [6.07, 6.45) is 2.33. The van der Waals surface area contributed by atoms with E-state index >= 15 is 0 Å². The van der Waals surface area contributed by atoms with Gasteiger partial charge in [-0.1, -0.05) is 28.1 Å². The third-order valence-electron chi connectivity index (χ3n) is 3.35. The zero-order valence-corrected chi connectivity index (χ0v) is 11.1. The molecule has 16 heavy (non-hydrogen) atoms. The highest BCUT2D eigenvalue weighted by Crippen LogP contribution is 2.25.